The first kappa shape index (κ1) is 13.1. The number of morpholine rings is 1. The van der Waals surface area contributed by atoms with Crippen molar-refractivity contribution in [3.05, 3.63) is 29.8 Å². The van der Waals surface area contributed by atoms with Crippen LogP contribution in [0.1, 0.15) is 18.5 Å². The van der Waals surface area contributed by atoms with Gasteiger partial charge in [-0.2, -0.15) is 0 Å². The number of ketones is 1. The Morgan fingerprint density at radius 3 is 2.61 bits per heavy atom. The molecule has 1 aliphatic heterocycles. The lowest BCUT2D eigenvalue weighted by molar-refractivity contribution is -0.124. The number of ether oxygens (including phenoxy) is 2. The van der Waals surface area contributed by atoms with Crippen LogP contribution in [0, 0.1) is 0 Å². The Hall–Kier alpha value is -1.39. The van der Waals surface area contributed by atoms with Crippen molar-refractivity contribution in [2.75, 3.05) is 33.4 Å². The number of carbonyl (C=O) groups is 1. The van der Waals surface area contributed by atoms with E-state index < -0.39 is 0 Å². The second-order valence-corrected chi connectivity index (χ2v) is 4.40. The van der Waals surface area contributed by atoms with E-state index in [1.54, 1.807) is 14.0 Å². The fourth-order valence-corrected chi connectivity index (χ4v) is 2.40. The maximum Gasteiger partial charge on any atom is 0.151 e. The molecule has 18 heavy (non-hydrogen) atoms. The topological polar surface area (TPSA) is 38.8 Å². The Bertz CT molecular complexity index is 413. The van der Waals surface area contributed by atoms with Gasteiger partial charge in [0.05, 0.1) is 26.4 Å². The van der Waals surface area contributed by atoms with E-state index in [1.165, 1.54) is 0 Å². The van der Waals surface area contributed by atoms with Gasteiger partial charge in [0.15, 0.2) is 5.78 Å². The summed E-state index contributed by atoms with van der Waals surface area (Å²) in [5, 5.41) is 0. The third-order valence-electron chi connectivity index (χ3n) is 3.23. The number of nitrogens with zero attached hydrogens (tertiary/aromatic N) is 1. The van der Waals surface area contributed by atoms with Crippen LogP contribution in [0.3, 0.4) is 0 Å². The fraction of sp³-hybridized carbons (Fsp3) is 0.500. The molecule has 4 heteroatoms. The number of carbonyl (C=O) groups excluding carboxylic acids is 1. The smallest absolute Gasteiger partial charge is 0.151 e. The quantitative estimate of drug-likeness (QED) is 0.813. The van der Waals surface area contributed by atoms with Gasteiger partial charge in [0.2, 0.25) is 0 Å². The van der Waals surface area contributed by atoms with E-state index in [2.05, 4.69) is 4.90 Å². The summed E-state index contributed by atoms with van der Waals surface area (Å²) < 4.78 is 10.7. The zero-order chi connectivity index (χ0) is 13.0. The first-order valence-corrected chi connectivity index (χ1v) is 6.19. The lowest BCUT2D eigenvalue weighted by Crippen LogP contribution is -2.41. The summed E-state index contributed by atoms with van der Waals surface area (Å²) in [4.78, 5) is 14.1. The molecule has 0 saturated carbocycles. The van der Waals surface area contributed by atoms with E-state index >= 15 is 0 Å². The summed E-state index contributed by atoms with van der Waals surface area (Å²) in [5.74, 6) is 0.908. The van der Waals surface area contributed by atoms with Gasteiger partial charge in [-0.3, -0.25) is 9.69 Å². The summed E-state index contributed by atoms with van der Waals surface area (Å²) in [6, 6.07) is 7.48. The van der Waals surface area contributed by atoms with Crippen molar-refractivity contribution in [2.24, 2.45) is 0 Å². The van der Waals surface area contributed by atoms with Gasteiger partial charge in [0.25, 0.3) is 0 Å². The van der Waals surface area contributed by atoms with Crippen LogP contribution in [-0.2, 0) is 9.53 Å². The minimum Gasteiger partial charge on any atom is -0.496 e. The molecule has 98 valence electrons. The molecule has 4 nitrogen and oxygen atoms in total. The number of methoxy groups -OCH3 is 1. The van der Waals surface area contributed by atoms with Crippen molar-refractivity contribution in [1.82, 2.24) is 4.90 Å². The molecule has 0 amide bonds. The molecule has 0 bridgehead atoms. The molecule has 2 rings (SSSR count). The second-order valence-electron chi connectivity index (χ2n) is 4.40. The monoisotopic (exact) mass is 249 g/mol. The SMILES string of the molecule is COc1ccccc1C(C(C)=O)N1CCOCC1. The Labute approximate surface area is 107 Å². The summed E-state index contributed by atoms with van der Waals surface area (Å²) in [6.45, 7) is 4.55. The molecule has 1 aromatic rings. The number of para-hydroxylation sites is 1. The standard InChI is InChI=1S/C14H19NO3/c1-11(16)14(15-7-9-18-10-8-15)12-5-3-4-6-13(12)17-2/h3-6,14H,7-10H2,1-2H3. The molecule has 1 aromatic carbocycles. The van der Waals surface area contributed by atoms with Crippen molar-refractivity contribution >= 4 is 5.78 Å². The van der Waals surface area contributed by atoms with Gasteiger partial charge < -0.3 is 9.47 Å². The molecule has 1 atom stereocenters. The van der Waals surface area contributed by atoms with Crippen LogP contribution in [0.15, 0.2) is 24.3 Å². The van der Waals surface area contributed by atoms with Crippen LogP contribution >= 0.6 is 0 Å². The summed E-state index contributed by atoms with van der Waals surface area (Å²) in [6.07, 6.45) is 0. The highest BCUT2D eigenvalue weighted by atomic mass is 16.5. The van der Waals surface area contributed by atoms with Crippen LogP contribution in [0.5, 0.6) is 5.75 Å². The van der Waals surface area contributed by atoms with Crippen LogP contribution in [0.4, 0.5) is 0 Å². The molecule has 1 aliphatic rings. The molecule has 0 aromatic heterocycles. The number of hydrogen-bond acceptors (Lipinski definition) is 4. The number of benzene rings is 1. The van der Waals surface area contributed by atoms with E-state index in [4.69, 9.17) is 9.47 Å². The zero-order valence-electron chi connectivity index (χ0n) is 10.9. The highest BCUT2D eigenvalue weighted by Crippen LogP contribution is 2.30. The van der Waals surface area contributed by atoms with Gasteiger partial charge in [-0.25, -0.2) is 0 Å². The molecule has 1 heterocycles. The molecule has 0 radical (unpaired) electrons. The maximum absolute atomic E-state index is 12.0. The molecule has 0 aliphatic carbocycles. The molecular formula is C14H19NO3. The Balaban J connectivity index is 2.31. The maximum atomic E-state index is 12.0. The third-order valence-corrected chi connectivity index (χ3v) is 3.23. The van der Waals surface area contributed by atoms with Crippen molar-refractivity contribution in [3.63, 3.8) is 0 Å². The Morgan fingerprint density at radius 2 is 2.00 bits per heavy atom. The summed E-state index contributed by atoms with van der Waals surface area (Å²) in [5.41, 5.74) is 0.939. The number of hydrogen-bond donors (Lipinski definition) is 0. The van der Waals surface area contributed by atoms with E-state index in [1.807, 2.05) is 24.3 Å². The average Bonchev–Trinajstić information content (AvgIpc) is 2.40. The van der Waals surface area contributed by atoms with Gasteiger partial charge in [-0.15, -0.1) is 0 Å². The number of rotatable bonds is 4. The predicted molar refractivity (Wildman–Crippen MR) is 68.8 cm³/mol. The van der Waals surface area contributed by atoms with Gasteiger partial charge in [0, 0.05) is 18.7 Å². The molecule has 1 saturated heterocycles. The van der Waals surface area contributed by atoms with E-state index in [0.717, 1.165) is 24.4 Å². The van der Waals surface area contributed by atoms with Crippen LogP contribution < -0.4 is 4.74 Å². The predicted octanol–water partition coefficient (Wildman–Crippen LogP) is 1.66. The molecular weight excluding hydrogens is 230 g/mol. The molecule has 1 fully saturated rings. The van der Waals surface area contributed by atoms with E-state index in [9.17, 15) is 4.79 Å². The minimum absolute atomic E-state index is 0.140. The summed E-state index contributed by atoms with van der Waals surface area (Å²) in [7, 11) is 1.63. The van der Waals surface area contributed by atoms with Gasteiger partial charge >= 0.3 is 0 Å². The summed E-state index contributed by atoms with van der Waals surface area (Å²) >= 11 is 0. The Morgan fingerprint density at radius 1 is 1.33 bits per heavy atom. The van der Waals surface area contributed by atoms with E-state index in [0.29, 0.717) is 13.2 Å². The van der Waals surface area contributed by atoms with Crippen molar-refractivity contribution in [2.45, 2.75) is 13.0 Å². The van der Waals surface area contributed by atoms with Crippen molar-refractivity contribution in [1.29, 1.82) is 0 Å². The van der Waals surface area contributed by atoms with E-state index in [-0.39, 0.29) is 11.8 Å². The van der Waals surface area contributed by atoms with Crippen molar-refractivity contribution in [3.8, 4) is 5.75 Å². The molecule has 0 spiro atoms. The van der Waals surface area contributed by atoms with Crippen LogP contribution in [-0.4, -0.2) is 44.1 Å². The third kappa shape index (κ3) is 2.71. The normalized spacial score (nSPS) is 18.3. The first-order valence-electron chi connectivity index (χ1n) is 6.19. The highest BCUT2D eigenvalue weighted by Gasteiger charge is 2.28. The average molecular weight is 249 g/mol. The molecule has 0 N–H and O–H groups in total. The van der Waals surface area contributed by atoms with Crippen molar-refractivity contribution < 1.29 is 14.3 Å². The van der Waals surface area contributed by atoms with Crippen LogP contribution in [0.2, 0.25) is 0 Å². The second kappa shape index (κ2) is 5.98. The lowest BCUT2D eigenvalue weighted by Gasteiger charge is -2.33. The largest absolute Gasteiger partial charge is 0.496 e. The van der Waals surface area contributed by atoms with Gasteiger partial charge in [-0.05, 0) is 13.0 Å². The molecule has 1 unspecified atom stereocenters. The fourth-order valence-electron chi connectivity index (χ4n) is 2.40. The zero-order valence-corrected chi connectivity index (χ0v) is 10.9. The first-order chi connectivity index (χ1) is 8.74. The van der Waals surface area contributed by atoms with Crippen LogP contribution in [0.25, 0.3) is 0 Å². The van der Waals surface area contributed by atoms with Gasteiger partial charge in [-0.1, -0.05) is 18.2 Å². The highest BCUT2D eigenvalue weighted by molar-refractivity contribution is 5.83. The number of Topliss-reactive ketones (excluding diaryl/α,β-unsaturated/α-hetero) is 1. The minimum atomic E-state index is -0.231. The van der Waals surface area contributed by atoms with Gasteiger partial charge in [0.1, 0.15) is 5.75 Å². The Kier molecular flexibility index (Phi) is 4.33. The lowest BCUT2D eigenvalue weighted by atomic mass is 10.00.